The minimum atomic E-state index is -0.284. The number of isocyanates is 1. The first-order valence-electron chi connectivity index (χ1n) is 3.71. The minimum absolute atomic E-state index is 0.284. The van der Waals surface area contributed by atoms with E-state index < -0.39 is 0 Å². The van der Waals surface area contributed by atoms with E-state index in [1.807, 2.05) is 0 Å². The second-order valence-electron chi connectivity index (χ2n) is 2.46. The molecule has 0 aromatic heterocycles. The lowest BCUT2D eigenvalue weighted by atomic mass is 10.1. The third-order valence-electron chi connectivity index (χ3n) is 1.57. The van der Waals surface area contributed by atoms with Gasteiger partial charge in [0.05, 0.1) is 6.54 Å². The molecule has 0 aliphatic carbocycles. The fraction of sp³-hybridized carbons (Fsp3) is 0.222. The quantitative estimate of drug-likeness (QED) is 0.593. The molecule has 0 heterocycles. The van der Waals surface area contributed by atoms with Crippen molar-refractivity contribution in [3.8, 4) is 0 Å². The molecule has 1 rings (SSSR count). The Morgan fingerprint density at radius 3 is 3.00 bits per heavy atom. The van der Waals surface area contributed by atoms with Gasteiger partial charge in [-0.05, 0) is 30.2 Å². The van der Waals surface area contributed by atoms with E-state index in [9.17, 15) is 9.18 Å². The van der Waals surface area contributed by atoms with Crippen molar-refractivity contribution in [2.45, 2.75) is 6.42 Å². The van der Waals surface area contributed by atoms with Crippen molar-refractivity contribution < 1.29 is 9.18 Å². The summed E-state index contributed by atoms with van der Waals surface area (Å²) in [5, 5.41) is 0. The van der Waals surface area contributed by atoms with E-state index in [0.717, 1.165) is 10.0 Å². The van der Waals surface area contributed by atoms with Crippen molar-refractivity contribution in [2.75, 3.05) is 6.54 Å². The van der Waals surface area contributed by atoms with Gasteiger partial charge in [-0.25, -0.2) is 14.2 Å². The van der Waals surface area contributed by atoms with Crippen LogP contribution in [0.15, 0.2) is 27.7 Å². The Morgan fingerprint density at radius 2 is 2.31 bits per heavy atom. The number of aliphatic imine (C=N–C) groups is 1. The topological polar surface area (TPSA) is 29.4 Å². The van der Waals surface area contributed by atoms with Crippen LogP contribution in [0.5, 0.6) is 0 Å². The summed E-state index contributed by atoms with van der Waals surface area (Å²) in [7, 11) is 0. The summed E-state index contributed by atoms with van der Waals surface area (Å²) in [5.74, 6) is -0.284. The molecule has 0 spiro atoms. The fourth-order valence-electron chi connectivity index (χ4n) is 0.957. The molecule has 0 aliphatic heterocycles. The standard InChI is InChI=1S/C9H7BrFNO/c10-9-2-1-8(11)5-7(9)3-4-12-6-13/h1-2,5H,3-4H2. The van der Waals surface area contributed by atoms with Crippen molar-refractivity contribution >= 4 is 22.0 Å². The summed E-state index contributed by atoms with van der Waals surface area (Å²) in [6.45, 7) is 0.339. The van der Waals surface area contributed by atoms with Gasteiger partial charge in [0.2, 0.25) is 6.08 Å². The number of halogens is 2. The van der Waals surface area contributed by atoms with Crippen LogP contribution in [0.2, 0.25) is 0 Å². The molecule has 0 aliphatic rings. The average molecular weight is 244 g/mol. The molecule has 0 saturated heterocycles. The molecule has 68 valence electrons. The molecule has 1 aromatic carbocycles. The molecular weight excluding hydrogens is 237 g/mol. The molecular formula is C9H7BrFNO. The predicted molar refractivity (Wildman–Crippen MR) is 50.8 cm³/mol. The number of hydrogen-bond donors (Lipinski definition) is 0. The SMILES string of the molecule is O=C=NCCc1cc(F)ccc1Br. The zero-order chi connectivity index (χ0) is 9.68. The third-order valence-corrected chi connectivity index (χ3v) is 2.34. The smallest absolute Gasteiger partial charge is 0.211 e. The molecule has 0 atom stereocenters. The summed E-state index contributed by atoms with van der Waals surface area (Å²) in [6, 6.07) is 4.43. The number of hydrogen-bond acceptors (Lipinski definition) is 2. The summed E-state index contributed by atoms with van der Waals surface area (Å²) in [4.78, 5) is 13.2. The molecule has 0 amide bonds. The fourth-order valence-corrected chi connectivity index (χ4v) is 1.40. The monoisotopic (exact) mass is 243 g/mol. The Morgan fingerprint density at radius 1 is 1.54 bits per heavy atom. The molecule has 0 N–H and O–H groups in total. The molecule has 0 fully saturated rings. The molecule has 1 aromatic rings. The Kier molecular flexibility index (Phi) is 3.80. The Balaban J connectivity index is 2.75. The van der Waals surface area contributed by atoms with Crippen LogP contribution in [0.25, 0.3) is 0 Å². The third kappa shape index (κ3) is 3.09. The van der Waals surface area contributed by atoms with Crippen LogP contribution in [0, 0.1) is 5.82 Å². The van der Waals surface area contributed by atoms with E-state index in [0.29, 0.717) is 13.0 Å². The number of carbonyl (C=O) groups excluding carboxylic acids is 1. The van der Waals surface area contributed by atoms with Gasteiger partial charge >= 0.3 is 0 Å². The summed E-state index contributed by atoms with van der Waals surface area (Å²) >= 11 is 3.28. The van der Waals surface area contributed by atoms with Gasteiger partial charge in [-0.3, -0.25) is 0 Å². The van der Waals surface area contributed by atoms with Crippen molar-refractivity contribution in [3.05, 3.63) is 34.1 Å². The second kappa shape index (κ2) is 4.90. The lowest BCUT2D eigenvalue weighted by Gasteiger charge is -2.00. The van der Waals surface area contributed by atoms with Crippen LogP contribution in [-0.2, 0) is 11.2 Å². The summed E-state index contributed by atoms with van der Waals surface area (Å²) in [6.07, 6.45) is 1.97. The molecule has 2 nitrogen and oxygen atoms in total. The first kappa shape index (κ1) is 10.1. The number of benzene rings is 1. The lowest BCUT2D eigenvalue weighted by molar-refractivity contribution is 0.563. The zero-order valence-corrected chi connectivity index (χ0v) is 8.34. The van der Waals surface area contributed by atoms with Gasteiger partial charge in [-0.1, -0.05) is 15.9 Å². The van der Waals surface area contributed by atoms with Crippen LogP contribution in [-0.4, -0.2) is 12.6 Å². The highest BCUT2D eigenvalue weighted by Crippen LogP contribution is 2.18. The van der Waals surface area contributed by atoms with Crippen molar-refractivity contribution in [3.63, 3.8) is 0 Å². The largest absolute Gasteiger partial charge is 0.234 e. The Labute approximate surface area is 83.6 Å². The minimum Gasteiger partial charge on any atom is -0.211 e. The van der Waals surface area contributed by atoms with E-state index in [1.165, 1.54) is 18.2 Å². The van der Waals surface area contributed by atoms with Crippen LogP contribution >= 0.6 is 15.9 Å². The first-order valence-corrected chi connectivity index (χ1v) is 4.51. The maximum atomic E-state index is 12.7. The first-order chi connectivity index (χ1) is 6.24. The van der Waals surface area contributed by atoms with E-state index in [1.54, 1.807) is 6.07 Å². The molecule has 0 saturated carbocycles. The zero-order valence-electron chi connectivity index (χ0n) is 6.76. The van der Waals surface area contributed by atoms with Crippen LogP contribution < -0.4 is 0 Å². The maximum absolute atomic E-state index is 12.7. The highest BCUT2D eigenvalue weighted by molar-refractivity contribution is 9.10. The highest BCUT2D eigenvalue weighted by Gasteiger charge is 2.00. The van der Waals surface area contributed by atoms with Gasteiger partial charge < -0.3 is 0 Å². The lowest BCUT2D eigenvalue weighted by Crippen LogP contribution is -1.91. The van der Waals surface area contributed by atoms with Crippen LogP contribution in [0.1, 0.15) is 5.56 Å². The van der Waals surface area contributed by atoms with Crippen LogP contribution in [0.4, 0.5) is 4.39 Å². The summed E-state index contributed by atoms with van der Waals surface area (Å²) in [5.41, 5.74) is 0.805. The molecule has 0 bridgehead atoms. The van der Waals surface area contributed by atoms with Gasteiger partial charge in [-0.2, -0.15) is 0 Å². The van der Waals surface area contributed by atoms with Crippen molar-refractivity contribution in [2.24, 2.45) is 4.99 Å². The highest BCUT2D eigenvalue weighted by atomic mass is 79.9. The van der Waals surface area contributed by atoms with Gasteiger partial charge in [0.15, 0.2) is 0 Å². The van der Waals surface area contributed by atoms with E-state index in [2.05, 4.69) is 20.9 Å². The molecule has 13 heavy (non-hydrogen) atoms. The van der Waals surface area contributed by atoms with Gasteiger partial charge in [-0.15, -0.1) is 0 Å². The Hall–Kier alpha value is -0.990. The molecule has 0 radical (unpaired) electrons. The average Bonchev–Trinajstić information content (AvgIpc) is 2.11. The van der Waals surface area contributed by atoms with E-state index >= 15 is 0 Å². The van der Waals surface area contributed by atoms with Crippen molar-refractivity contribution in [1.29, 1.82) is 0 Å². The van der Waals surface area contributed by atoms with Crippen molar-refractivity contribution in [1.82, 2.24) is 0 Å². The second-order valence-corrected chi connectivity index (χ2v) is 3.31. The van der Waals surface area contributed by atoms with Crippen LogP contribution in [0.3, 0.4) is 0 Å². The maximum Gasteiger partial charge on any atom is 0.234 e. The summed E-state index contributed by atoms with van der Waals surface area (Å²) < 4.78 is 13.6. The van der Waals surface area contributed by atoms with E-state index in [4.69, 9.17) is 0 Å². The predicted octanol–water partition coefficient (Wildman–Crippen LogP) is 2.47. The number of nitrogens with zero attached hydrogens (tertiary/aromatic N) is 1. The van der Waals surface area contributed by atoms with E-state index in [-0.39, 0.29) is 5.82 Å². The van der Waals surface area contributed by atoms with Gasteiger partial charge in [0.25, 0.3) is 0 Å². The molecule has 4 heteroatoms. The number of rotatable bonds is 3. The van der Waals surface area contributed by atoms with Gasteiger partial charge in [0, 0.05) is 4.47 Å². The Bertz CT molecular complexity index is 347. The normalized spacial score (nSPS) is 9.38. The molecule has 0 unspecified atom stereocenters. The van der Waals surface area contributed by atoms with Gasteiger partial charge in [0.1, 0.15) is 5.82 Å².